The number of rotatable bonds is 7. The molecule has 0 amide bonds. The molecule has 0 radical (unpaired) electrons. The summed E-state index contributed by atoms with van der Waals surface area (Å²) in [5.41, 5.74) is 0.858. The molecular weight excluding hydrogens is 258 g/mol. The van der Waals surface area contributed by atoms with Crippen molar-refractivity contribution in [1.82, 2.24) is 0 Å². The van der Waals surface area contributed by atoms with E-state index >= 15 is 0 Å². The molecule has 94 valence electrons. The van der Waals surface area contributed by atoms with Crippen LogP contribution in [0.2, 0.25) is 5.02 Å². The molecule has 0 heterocycles. The predicted octanol–water partition coefficient (Wildman–Crippen LogP) is 2.98. The minimum absolute atomic E-state index is 0.00458. The van der Waals surface area contributed by atoms with Gasteiger partial charge in [0.15, 0.2) is 0 Å². The first-order chi connectivity index (χ1) is 8.13. The molecule has 0 aliphatic rings. The third-order valence-electron chi connectivity index (χ3n) is 2.21. The van der Waals surface area contributed by atoms with Crippen LogP contribution >= 0.6 is 23.4 Å². The minimum Gasteiger partial charge on any atom is -0.480 e. The topological polar surface area (TPSA) is 40.5 Å². The van der Waals surface area contributed by atoms with Crippen LogP contribution in [0.3, 0.4) is 0 Å². The van der Waals surface area contributed by atoms with E-state index in [0.29, 0.717) is 11.6 Å². The van der Waals surface area contributed by atoms with Crippen molar-refractivity contribution in [3.05, 3.63) is 29.3 Å². The molecule has 1 rings (SSSR count). The molecule has 0 spiro atoms. The zero-order valence-electron chi connectivity index (χ0n) is 9.73. The monoisotopic (exact) mass is 273 g/mol. The Kier molecular flexibility index (Phi) is 6.22. The quantitative estimate of drug-likeness (QED) is 0.776. The maximum Gasteiger partial charge on any atom is 0.323 e. The molecule has 17 heavy (non-hydrogen) atoms. The van der Waals surface area contributed by atoms with E-state index in [9.17, 15) is 4.79 Å². The number of carboxylic acids is 1. The molecular formula is C12H16ClNO2S. The van der Waals surface area contributed by atoms with Crippen molar-refractivity contribution < 1.29 is 9.90 Å². The number of halogens is 1. The Hall–Kier alpha value is -0.870. The molecule has 0 fully saturated rings. The standard InChI is InChI=1S/C12H16ClNO2S/c1-2-17-7-6-14(9-12(15)16)11-5-3-4-10(13)8-11/h3-5,8H,2,6-7,9H2,1H3,(H,15,16). The van der Waals surface area contributed by atoms with Crippen molar-refractivity contribution in [3.8, 4) is 0 Å². The number of hydrogen-bond acceptors (Lipinski definition) is 3. The molecule has 1 aromatic carbocycles. The largest absolute Gasteiger partial charge is 0.480 e. The lowest BCUT2D eigenvalue weighted by Gasteiger charge is -2.22. The number of hydrogen-bond donors (Lipinski definition) is 1. The summed E-state index contributed by atoms with van der Waals surface area (Å²) in [6.07, 6.45) is 0. The van der Waals surface area contributed by atoms with Crippen LogP contribution in [-0.4, -0.2) is 35.7 Å². The van der Waals surface area contributed by atoms with E-state index in [-0.39, 0.29) is 6.54 Å². The zero-order valence-corrected chi connectivity index (χ0v) is 11.3. The minimum atomic E-state index is -0.827. The van der Waals surface area contributed by atoms with Gasteiger partial charge in [0.05, 0.1) is 0 Å². The van der Waals surface area contributed by atoms with Crippen LogP contribution in [0.4, 0.5) is 5.69 Å². The lowest BCUT2D eigenvalue weighted by Crippen LogP contribution is -2.31. The second-order valence-corrected chi connectivity index (χ2v) is 5.32. The van der Waals surface area contributed by atoms with Gasteiger partial charge in [-0.2, -0.15) is 11.8 Å². The van der Waals surface area contributed by atoms with Crippen molar-refractivity contribution in [2.45, 2.75) is 6.92 Å². The van der Waals surface area contributed by atoms with Crippen LogP contribution in [0.1, 0.15) is 6.92 Å². The smallest absolute Gasteiger partial charge is 0.323 e. The molecule has 5 heteroatoms. The number of aliphatic carboxylic acids is 1. The van der Waals surface area contributed by atoms with Gasteiger partial charge in [0, 0.05) is 23.0 Å². The summed E-state index contributed by atoms with van der Waals surface area (Å²) in [4.78, 5) is 12.6. The number of carbonyl (C=O) groups is 1. The van der Waals surface area contributed by atoms with Crippen molar-refractivity contribution in [2.24, 2.45) is 0 Å². The number of anilines is 1. The van der Waals surface area contributed by atoms with Crippen LogP contribution in [0, 0.1) is 0 Å². The fourth-order valence-electron chi connectivity index (χ4n) is 1.45. The van der Waals surface area contributed by atoms with Crippen LogP contribution in [0.15, 0.2) is 24.3 Å². The third kappa shape index (κ3) is 5.33. The molecule has 0 saturated heterocycles. The van der Waals surface area contributed by atoms with Crippen LogP contribution in [-0.2, 0) is 4.79 Å². The third-order valence-corrected chi connectivity index (χ3v) is 3.32. The van der Waals surface area contributed by atoms with Gasteiger partial charge < -0.3 is 10.0 Å². The second kappa shape index (κ2) is 7.45. The Morgan fingerprint density at radius 1 is 1.53 bits per heavy atom. The van der Waals surface area contributed by atoms with Crippen LogP contribution < -0.4 is 4.90 Å². The summed E-state index contributed by atoms with van der Waals surface area (Å²) in [7, 11) is 0. The van der Waals surface area contributed by atoms with E-state index in [0.717, 1.165) is 17.2 Å². The SMILES string of the molecule is CCSCCN(CC(=O)O)c1cccc(Cl)c1. The van der Waals surface area contributed by atoms with Crippen molar-refractivity contribution in [3.63, 3.8) is 0 Å². The summed E-state index contributed by atoms with van der Waals surface area (Å²) < 4.78 is 0. The van der Waals surface area contributed by atoms with Crippen molar-refractivity contribution >= 4 is 35.0 Å². The van der Waals surface area contributed by atoms with Crippen LogP contribution in [0.5, 0.6) is 0 Å². The molecule has 1 aromatic rings. The molecule has 0 aliphatic heterocycles. The average Bonchev–Trinajstić information content (AvgIpc) is 2.27. The van der Waals surface area contributed by atoms with E-state index in [1.54, 1.807) is 23.9 Å². The van der Waals surface area contributed by atoms with E-state index in [4.69, 9.17) is 16.7 Å². The van der Waals surface area contributed by atoms with Gasteiger partial charge in [0.25, 0.3) is 0 Å². The maximum absolute atomic E-state index is 10.8. The molecule has 0 unspecified atom stereocenters. The van der Waals surface area contributed by atoms with Crippen molar-refractivity contribution in [2.75, 3.05) is 29.5 Å². The highest BCUT2D eigenvalue weighted by Gasteiger charge is 2.10. The van der Waals surface area contributed by atoms with Crippen molar-refractivity contribution in [1.29, 1.82) is 0 Å². The van der Waals surface area contributed by atoms with Gasteiger partial charge in [-0.05, 0) is 24.0 Å². The number of nitrogens with zero attached hydrogens (tertiary/aromatic N) is 1. The lowest BCUT2D eigenvalue weighted by atomic mass is 10.3. The molecule has 0 atom stereocenters. The Labute approximate surface area is 111 Å². The summed E-state index contributed by atoms with van der Waals surface area (Å²) >= 11 is 7.70. The summed E-state index contributed by atoms with van der Waals surface area (Å²) in [5, 5.41) is 9.52. The highest BCUT2D eigenvalue weighted by atomic mass is 35.5. The maximum atomic E-state index is 10.8. The first-order valence-corrected chi connectivity index (χ1v) is 6.96. The Balaban J connectivity index is 2.70. The van der Waals surface area contributed by atoms with E-state index in [1.807, 2.05) is 17.0 Å². The van der Waals surface area contributed by atoms with Gasteiger partial charge in [0.2, 0.25) is 0 Å². The molecule has 0 aromatic heterocycles. The van der Waals surface area contributed by atoms with Gasteiger partial charge in [0.1, 0.15) is 6.54 Å². The Bertz CT molecular complexity index is 373. The fraction of sp³-hybridized carbons (Fsp3) is 0.417. The second-order valence-electron chi connectivity index (χ2n) is 3.49. The number of benzene rings is 1. The van der Waals surface area contributed by atoms with E-state index in [1.165, 1.54) is 0 Å². The highest BCUT2D eigenvalue weighted by molar-refractivity contribution is 7.99. The molecule has 0 bridgehead atoms. The predicted molar refractivity (Wildman–Crippen MR) is 74.3 cm³/mol. The molecule has 0 saturated carbocycles. The molecule has 1 N–H and O–H groups in total. The van der Waals surface area contributed by atoms with Gasteiger partial charge in [-0.25, -0.2) is 0 Å². The summed E-state index contributed by atoms with van der Waals surface area (Å²) in [6, 6.07) is 7.29. The fourth-order valence-corrected chi connectivity index (χ4v) is 2.28. The Morgan fingerprint density at radius 2 is 2.29 bits per heavy atom. The first-order valence-electron chi connectivity index (χ1n) is 5.43. The zero-order chi connectivity index (χ0) is 12.7. The van der Waals surface area contributed by atoms with E-state index < -0.39 is 5.97 Å². The van der Waals surface area contributed by atoms with Gasteiger partial charge >= 0.3 is 5.97 Å². The van der Waals surface area contributed by atoms with Crippen LogP contribution in [0.25, 0.3) is 0 Å². The summed E-state index contributed by atoms with van der Waals surface area (Å²) in [5.74, 6) is 1.12. The Morgan fingerprint density at radius 3 is 2.88 bits per heavy atom. The van der Waals surface area contributed by atoms with Gasteiger partial charge in [-0.3, -0.25) is 4.79 Å². The number of thioether (sulfide) groups is 1. The van der Waals surface area contributed by atoms with E-state index in [2.05, 4.69) is 6.92 Å². The normalized spacial score (nSPS) is 10.2. The molecule has 3 nitrogen and oxygen atoms in total. The number of carboxylic acid groups (broad SMARTS) is 1. The lowest BCUT2D eigenvalue weighted by molar-refractivity contribution is -0.135. The molecule has 0 aliphatic carbocycles. The van der Waals surface area contributed by atoms with Gasteiger partial charge in [-0.1, -0.05) is 24.6 Å². The first kappa shape index (κ1) is 14.2. The highest BCUT2D eigenvalue weighted by Crippen LogP contribution is 2.19. The van der Waals surface area contributed by atoms with Gasteiger partial charge in [-0.15, -0.1) is 0 Å². The summed E-state index contributed by atoms with van der Waals surface area (Å²) in [6.45, 7) is 2.81. The average molecular weight is 274 g/mol.